The van der Waals surface area contributed by atoms with Crippen LogP contribution in [0.2, 0.25) is 0 Å². The summed E-state index contributed by atoms with van der Waals surface area (Å²) in [4.78, 5) is 0. The van der Waals surface area contributed by atoms with E-state index in [1.807, 2.05) is 38.1 Å². The van der Waals surface area contributed by atoms with Crippen molar-refractivity contribution < 1.29 is 13.2 Å². The molecule has 1 aromatic carbocycles. The van der Waals surface area contributed by atoms with Crippen LogP contribution in [0.3, 0.4) is 0 Å². The van der Waals surface area contributed by atoms with Crippen molar-refractivity contribution in [3.63, 3.8) is 0 Å². The summed E-state index contributed by atoms with van der Waals surface area (Å²) in [7, 11) is 0. The van der Waals surface area contributed by atoms with E-state index in [-0.39, 0.29) is 6.04 Å². The van der Waals surface area contributed by atoms with Gasteiger partial charge in [-0.05, 0) is 24.0 Å². The van der Waals surface area contributed by atoms with Crippen molar-refractivity contribution in [2.24, 2.45) is 0 Å². The van der Waals surface area contributed by atoms with Crippen LogP contribution in [-0.2, 0) is 6.42 Å². The van der Waals surface area contributed by atoms with Gasteiger partial charge in [0.05, 0.1) is 6.54 Å². The Balaban J connectivity index is 2.66. The highest BCUT2D eigenvalue weighted by atomic mass is 19.4. The molecule has 0 fully saturated rings. The molecule has 17 heavy (non-hydrogen) atoms. The summed E-state index contributed by atoms with van der Waals surface area (Å²) in [6, 6.07) is 7.50. The summed E-state index contributed by atoms with van der Waals surface area (Å²) in [5.74, 6) is 0. The molecule has 0 spiro atoms. The van der Waals surface area contributed by atoms with Crippen LogP contribution in [0.15, 0.2) is 24.3 Å². The summed E-state index contributed by atoms with van der Waals surface area (Å²) in [6.45, 7) is 2.98. The first kappa shape index (κ1) is 14.0. The molecule has 0 aliphatic carbocycles. The smallest absolute Gasteiger partial charge is 0.302 e. The van der Waals surface area contributed by atoms with Crippen LogP contribution in [0.25, 0.3) is 0 Å². The van der Waals surface area contributed by atoms with Crippen molar-refractivity contribution in [2.75, 3.05) is 6.54 Å². The Morgan fingerprint density at radius 2 is 1.71 bits per heavy atom. The monoisotopic (exact) mass is 245 g/mol. The number of alkyl halides is 3. The molecule has 0 aromatic heterocycles. The lowest BCUT2D eigenvalue weighted by atomic mass is 10.0. The summed E-state index contributed by atoms with van der Waals surface area (Å²) >= 11 is 0. The largest absolute Gasteiger partial charge is 0.401 e. The van der Waals surface area contributed by atoms with Gasteiger partial charge in [0.15, 0.2) is 0 Å². The van der Waals surface area contributed by atoms with Crippen molar-refractivity contribution in [1.29, 1.82) is 0 Å². The number of aryl methyl sites for hydroxylation is 1. The SMILES string of the molecule is CCc1ccc(C(CC)NCC(F)(F)F)cc1. The topological polar surface area (TPSA) is 12.0 Å². The van der Waals surface area contributed by atoms with Crippen LogP contribution in [-0.4, -0.2) is 12.7 Å². The van der Waals surface area contributed by atoms with Crippen LogP contribution in [0.1, 0.15) is 37.4 Å². The zero-order valence-electron chi connectivity index (χ0n) is 10.1. The van der Waals surface area contributed by atoms with E-state index in [4.69, 9.17) is 0 Å². The van der Waals surface area contributed by atoms with Crippen LogP contribution >= 0.6 is 0 Å². The fourth-order valence-corrected chi connectivity index (χ4v) is 1.72. The molecule has 1 N–H and O–H groups in total. The minimum absolute atomic E-state index is 0.234. The van der Waals surface area contributed by atoms with E-state index < -0.39 is 12.7 Å². The van der Waals surface area contributed by atoms with E-state index in [0.29, 0.717) is 6.42 Å². The van der Waals surface area contributed by atoms with Crippen LogP contribution in [0, 0.1) is 0 Å². The molecule has 0 amide bonds. The second kappa shape index (κ2) is 6.05. The van der Waals surface area contributed by atoms with Gasteiger partial charge in [0, 0.05) is 6.04 Å². The Morgan fingerprint density at radius 1 is 1.12 bits per heavy atom. The molecule has 1 aromatic rings. The second-order valence-corrected chi connectivity index (χ2v) is 4.05. The number of nitrogens with one attached hydrogen (secondary N) is 1. The number of hydrogen-bond acceptors (Lipinski definition) is 1. The standard InChI is InChI=1S/C13H18F3N/c1-3-10-5-7-11(8-6-10)12(4-2)17-9-13(14,15)16/h5-8,12,17H,3-4,9H2,1-2H3. The Labute approximate surface area is 100 Å². The molecule has 1 atom stereocenters. The Kier molecular flexibility index (Phi) is 5.00. The Hall–Kier alpha value is -1.03. The molecular weight excluding hydrogens is 227 g/mol. The Bertz CT molecular complexity index is 330. The van der Waals surface area contributed by atoms with Crippen molar-refractivity contribution in [3.05, 3.63) is 35.4 Å². The highest BCUT2D eigenvalue weighted by Gasteiger charge is 2.27. The van der Waals surface area contributed by atoms with Gasteiger partial charge in [0.2, 0.25) is 0 Å². The highest BCUT2D eigenvalue weighted by Crippen LogP contribution is 2.20. The molecular formula is C13H18F3N. The minimum atomic E-state index is -4.16. The first-order valence-electron chi connectivity index (χ1n) is 5.85. The van der Waals surface area contributed by atoms with Gasteiger partial charge in [-0.2, -0.15) is 13.2 Å². The second-order valence-electron chi connectivity index (χ2n) is 4.05. The number of benzene rings is 1. The molecule has 1 rings (SSSR count). The average molecular weight is 245 g/mol. The maximum Gasteiger partial charge on any atom is 0.401 e. The summed E-state index contributed by atoms with van der Waals surface area (Å²) < 4.78 is 36.4. The lowest BCUT2D eigenvalue weighted by Crippen LogP contribution is -2.31. The minimum Gasteiger partial charge on any atom is -0.302 e. The van der Waals surface area contributed by atoms with Gasteiger partial charge >= 0.3 is 6.18 Å². The number of rotatable bonds is 5. The van der Waals surface area contributed by atoms with Crippen LogP contribution in [0.5, 0.6) is 0 Å². The molecule has 1 nitrogen and oxygen atoms in total. The third kappa shape index (κ3) is 4.77. The van der Waals surface area contributed by atoms with Gasteiger partial charge in [-0.15, -0.1) is 0 Å². The molecule has 4 heteroatoms. The fraction of sp³-hybridized carbons (Fsp3) is 0.538. The quantitative estimate of drug-likeness (QED) is 0.830. The predicted molar refractivity (Wildman–Crippen MR) is 62.9 cm³/mol. The molecule has 96 valence electrons. The van der Waals surface area contributed by atoms with E-state index >= 15 is 0 Å². The molecule has 0 saturated heterocycles. The molecule has 0 aliphatic rings. The first-order chi connectivity index (χ1) is 7.96. The molecule has 1 unspecified atom stereocenters. The number of halogens is 3. The zero-order chi connectivity index (χ0) is 12.9. The van der Waals surface area contributed by atoms with E-state index in [2.05, 4.69) is 5.32 Å². The van der Waals surface area contributed by atoms with Gasteiger partial charge in [-0.3, -0.25) is 0 Å². The van der Waals surface area contributed by atoms with Gasteiger partial charge in [-0.25, -0.2) is 0 Å². The van der Waals surface area contributed by atoms with Gasteiger partial charge < -0.3 is 5.32 Å². The normalized spacial score (nSPS) is 13.7. The lowest BCUT2D eigenvalue weighted by Gasteiger charge is -2.18. The molecule has 0 saturated carbocycles. The number of hydrogen-bond donors (Lipinski definition) is 1. The average Bonchev–Trinajstić information content (AvgIpc) is 2.29. The third-order valence-electron chi connectivity index (χ3n) is 2.75. The summed E-state index contributed by atoms with van der Waals surface area (Å²) in [5, 5.41) is 2.54. The summed E-state index contributed by atoms with van der Waals surface area (Å²) in [5.41, 5.74) is 2.10. The molecule has 0 heterocycles. The predicted octanol–water partition coefficient (Wildman–Crippen LogP) is 3.85. The van der Waals surface area contributed by atoms with Gasteiger partial charge in [0.25, 0.3) is 0 Å². The maximum absolute atomic E-state index is 12.1. The molecule has 0 aliphatic heterocycles. The van der Waals surface area contributed by atoms with Crippen LogP contribution in [0.4, 0.5) is 13.2 Å². The highest BCUT2D eigenvalue weighted by molar-refractivity contribution is 5.25. The van der Waals surface area contributed by atoms with Crippen molar-refractivity contribution in [1.82, 2.24) is 5.32 Å². The van der Waals surface area contributed by atoms with E-state index in [0.717, 1.165) is 12.0 Å². The first-order valence-corrected chi connectivity index (χ1v) is 5.85. The summed E-state index contributed by atoms with van der Waals surface area (Å²) in [6.07, 6.45) is -2.58. The van der Waals surface area contributed by atoms with Gasteiger partial charge in [-0.1, -0.05) is 38.1 Å². The van der Waals surface area contributed by atoms with Crippen molar-refractivity contribution >= 4 is 0 Å². The van der Waals surface area contributed by atoms with E-state index in [9.17, 15) is 13.2 Å². The molecule has 0 radical (unpaired) electrons. The zero-order valence-corrected chi connectivity index (χ0v) is 10.1. The fourth-order valence-electron chi connectivity index (χ4n) is 1.72. The van der Waals surface area contributed by atoms with Crippen molar-refractivity contribution in [3.8, 4) is 0 Å². The maximum atomic E-state index is 12.1. The Morgan fingerprint density at radius 3 is 2.12 bits per heavy atom. The lowest BCUT2D eigenvalue weighted by molar-refractivity contribution is -0.126. The molecule has 0 bridgehead atoms. The van der Waals surface area contributed by atoms with Crippen LogP contribution < -0.4 is 5.32 Å². The third-order valence-corrected chi connectivity index (χ3v) is 2.75. The van der Waals surface area contributed by atoms with E-state index in [1.54, 1.807) is 0 Å². The van der Waals surface area contributed by atoms with E-state index in [1.165, 1.54) is 5.56 Å². The van der Waals surface area contributed by atoms with Gasteiger partial charge in [0.1, 0.15) is 0 Å². The van der Waals surface area contributed by atoms with Crippen molar-refractivity contribution in [2.45, 2.75) is 38.9 Å².